The number of fused-ring (bicyclic) bond motifs is 1. The summed E-state index contributed by atoms with van der Waals surface area (Å²) in [5.41, 5.74) is 8.72. The van der Waals surface area contributed by atoms with Gasteiger partial charge in [0.2, 0.25) is 5.88 Å². The lowest BCUT2D eigenvalue weighted by Gasteiger charge is -2.28. The highest BCUT2D eigenvalue weighted by molar-refractivity contribution is 5.74. The molecule has 0 spiro atoms. The Hall–Kier alpha value is -1.68. The molecular formula is C15H19N3O. The van der Waals surface area contributed by atoms with E-state index in [0.717, 1.165) is 29.6 Å². The number of rotatable bonds is 2. The molecule has 0 radical (unpaired) electrons. The molecule has 100 valence electrons. The normalized spacial score (nSPS) is 23.5. The molecule has 0 saturated heterocycles. The van der Waals surface area contributed by atoms with Gasteiger partial charge in [-0.2, -0.15) is 0 Å². The van der Waals surface area contributed by atoms with Crippen molar-refractivity contribution in [3.8, 4) is 5.88 Å². The fourth-order valence-corrected chi connectivity index (χ4v) is 2.60. The number of nitrogens with two attached hydrogens (primary N) is 1. The van der Waals surface area contributed by atoms with E-state index in [2.05, 4.69) is 9.97 Å². The quantitative estimate of drug-likeness (QED) is 0.898. The lowest BCUT2D eigenvalue weighted by Crippen LogP contribution is -2.41. The molecule has 0 amide bonds. The van der Waals surface area contributed by atoms with Crippen LogP contribution in [0.4, 0.5) is 0 Å². The Labute approximate surface area is 113 Å². The summed E-state index contributed by atoms with van der Waals surface area (Å²) in [6, 6.07) is 7.96. The van der Waals surface area contributed by atoms with Crippen LogP contribution in [0.5, 0.6) is 5.88 Å². The fourth-order valence-electron chi connectivity index (χ4n) is 2.60. The van der Waals surface area contributed by atoms with Gasteiger partial charge in [0.25, 0.3) is 0 Å². The average molecular weight is 257 g/mol. The molecule has 4 heteroatoms. The topological polar surface area (TPSA) is 61.0 Å². The molecule has 2 aromatic rings. The number of benzene rings is 1. The van der Waals surface area contributed by atoms with Crippen LogP contribution in [0, 0.1) is 6.92 Å². The van der Waals surface area contributed by atoms with Crippen LogP contribution in [-0.4, -0.2) is 22.1 Å². The van der Waals surface area contributed by atoms with Crippen molar-refractivity contribution in [3.63, 3.8) is 0 Å². The van der Waals surface area contributed by atoms with Gasteiger partial charge in [-0.15, -0.1) is 0 Å². The molecule has 1 aromatic carbocycles. The minimum absolute atomic E-state index is 0.0721. The standard InChI is InChI=1S/C15H19N3O/c1-10-15(19-14-9-5-2-6-11(14)16)18-13-8-4-3-7-12(13)17-10/h3-4,7-8,11,14H,2,5-6,9,16H2,1H3. The van der Waals surface area contributed by atoms with E-state index in [4.69, 9.17) is 10.5 Å². The third kappa shape index (κ3) is 2.54. The summed E-state index contributed by atoms with van der Waals surface area (Å²) < 4.78 is 6.01. The number of ether oxygens (including phenoxy) is 1. The first-order valence-electron chi connectivity index (χ1n) is 6.89. The second-order valence-corrected chi connectivity index (χ2v) is 5.21. The maximum atomic E-state index is 6.12. The first kappa shape index (κ1) is 12.4. The molecule has 2 N–H and O–H groups in total. The Balaban J connectivity index is 1.89. The number of hydrogen-bond donors (Lipinski definition) is 1. The van der Waals surface area contributed by atoms with E-state index in [0.29, 0.717) is 5.88 Å². The van der Waals surface area contributed by atoms with E-state index < -0.39 is 0 Å². The molecule has 1 fully saturated rings. The molecule has 1 aliphatic rings. The molecule has 19 heavy (non-hydrogen) atoms. The highest BCUT2D eigenvalue weighted by atomic mass is 16.5. The molecular weight excluding hydrogens is 238 g/mol. The first-order valence-corrected chi connectivity index (χ1v) is 6.89. The summed E-state index contributed by atoms with van der Waals surface area (Å²) in [6.07, 6.45) is 4.49. The van der Waals surface area contributed by atoms with E-state index >= 15 is 0 Å². The summed E-state index contributed by atoms with van der Waals surface area (Å²) in [5.74, 6) is 0.626. The first-order chi connectivity index (χ1) is 9.24. The molecule has 2 unspecified atom stereocenters. The van der Waals surface area contributed by atoms with Gasteiger partial charge in [-0.3, -0.25) is 0 Å². The molecule has 0 aliphatic heterocycles. The minimum Gasteiger partial charge on any atom is -0.471 e. The van der Waals surface area contributed by atoms with Crippen LogP contribution in [0.3, 0.4) is 0 Å². The van der Waals surface area contributed by atoms with Crippen LogP contribution in [0.25, 0.3) is 11.0 Å². The lowest BCUT2D eigenvalue weighted by atomic mass is 9.93. The van der Waals surface area contributed by atoms with Crippen molar-refractivity contribution < 1.29 is 4.74 Å². The van der Waals surface area contributed by atoms with Crippen molar-refractivity contribution in [1.29, 1.82) is 0 Å². The number of hydrogen-bond acceptors (Lipinski definition) is 4. The predicted molar refractivity (Wildman–Crippen MR) is 75.1 cm³/mol. The summed E-state index contributed by atoms with van der Waals surface area (Å²) in [7, 11) is 0. The van der Waals surface area contributed by atoms with Crippen molar-refractivity contribution in [3.05, 3.63) is 30.0 Å². The zero-order chi connectivity index (χ0) is 13.2. The summed E-state index contributed by atoms with van der Waals surface area (Å²) in [5, 5.41) is 0. The van der Waals surface area contributed by atoms with Gasteiger partial charge in [0.15, 0.2) is 0 Å². The maximum Gasteiger partial charge on any atom is 0.236 e. The van der Waals surface area contributed by atoms with Gasteiger partial charge < -0.3 is 10.5 Å². The van der Waals surface area contributed by atoms with Crippen molar-refractivity contribution in [1.82, 2.24) is 9.97 Å². The van der Waals surface area contributed by atoms with Crippen molar-refractivity contribution in [2.24, 2.45) is 5.73 Å². The van der Waals surface area contributed by atoms with E-state index in [1.54, 1.807) is 0 Å². The second-order valence-electron chi connectivity index (χ2n) is 5.21. The third-order valence-electron chi connectivity index (χ3n) is 3.72. The number of aromatic nitrogens is 2. The zero-order valence-corrected chi connectivity index (χ0v) is 11.2. The fraction of sp³-hybridized carbons (Fsp3) is 0.467. The summed E-state index contributed by atoms with van der Waals surface area (Å²) >= 11 is 0. The lowest BCUT2D eigenvalue weighted by molar-refractivity contribution is 0.125. The Morgan fingerprint density at radius 2 is 1.79 bits per heavy atom. The van der Waals surface area contributed by atoms with Gasteiger partial charge in [0, 0.05) is 6.04 Å². The van der Waals surface area contributed by atoms with Crippen LogP contribution in [-0.2, 0) is 0 Å². The third-order valence-corrected chi connectivity index (χ3v) is 3.72. The van der Waals surface area contributed by atoms with E-state index in [1.807, 2.05) is 31.2 Å². The van der Waals surface area contributed by atoms with E-state index in [-0.39, 0.29) is 12.1 Å². The van der Waals surface area contributed by atoms with Crippen LogP contribution >= 0.6 is 0 Å². The predicted octanol–water partition coefficient (Wildman–Crippen LogP) is 2.59. The Bertz CT molecular complexity index is 585. The maximum absolute atomic E-state index is 6.12. The monoisotopic (exact) mass is 257 g/mol. The number of aryl methyl sites for hydroxylation is 1. The number of nitrogens with zero attached hydrogens (tertiary/aromatic N) is 2. The molecule has 1 saturated carbocycles. The van der Waals surface area contributed by atoms with Gasteiger partial charge in [-0.25, -0.2) is 9.97 Å². The van der Waals surface area contributed by atoms with Crippen LogP contribution in [0.2, 0.25) is 0 Å². The SMILES string of the molecule is Cc1nc2ccccc2nc1OC1CCCCC1N. The van der Waals surface area contributed by atoms with Gasteiger partial charge in [0.05, 0.1) is 11.0 Å². The Morgan fingerprint density at radius 3 is 2.53 bits per heavy atom. The molecule has 3 rings (SSSR count). The van der Waals surface area contributed by atoms with Crippen LogP contribution < -0.4 is 10.5 Å². The van der Waals surface area contributed by atoms with Gasteiger partial charge in [0.1, 0.15) is 11.8 Å². The Morgan fingerprint density at radius 1 is 1.11 bits per heavy atom. The average Bonchev–Trinajstić information content (AvgIpc) is 2.42. The molecule has 1 aromatic heterocycles. The highest BCUT2D eigenvalue weighted by Crippen LogP contribution is 2.24. The van der Waals surface area contributed by atoms with Gasteiger partial charge in [-0.05, 0) is 38.3 Å². The van der Waals surface area contributed by atoms with Gasteiger partial charge in [-0.1, -0.05) is 18.6 Å². The zero-order valence-electron chi connectivity index (χ0n) is 11.2. The minimum atomic E-state index is 0.0721. The Kier molecular flexibility index (Phi) is 3.34. The van der Waals surface area contributed by atoms with E-state index in [9.17, 15) is 0 Å². The molecule has 0 bridgehead atoms. The van der Waals surface area contributed by atoms with Crippen LogP contribution in [0.1, 0.15) is 31.4 Å². The van der Waals surface area contributed by atoms with Crippen molar-refractivity contribution >= 4 is 11.0 Å². The van der Waals surface area contributed by atoms with Crippen molar-refractivity contribution in [2.45, 2.75) is 44.8 Å². The molecule has 4 nitrogen and oxygen atoms in total. The molecule has 1 heterocycles. The summed E-state index contributed by atoms with van der Waals surface area (Å²) in [4.78, 5) is 9.10. The molecule has 1 aliphatic carbocycles. The smallest absolute Gasteiger partial charge is 0.236 e. The van der Waals surface area contributed by atoms with Crippen molar-refractivity contribution in [2.75, 3.05) is 0 Å². The second kappa shape index (κ2) is 5.13. The molecule has 2 atom stereocenters. The largest absolute Gasteiger partial charge is 0.471 e. The number of para-hydroxylation sites is 2. The highest BCUT2D eigenvalue weighted by Gasteiger charge is 2.24. The summed E-state index contributed by atoms with van der Waals surface area (Å²) in [6.45, 7) is 1.93. The van der Waals surface area contributed by atoms with Crippen LogP contribution in [0.15, 0.2) is 24.3 Å². The van der Waals surface area contributed by atoms with E-state index in [1.165, 1.54) is 12.8 Å². The van der Waals surface area contributed by atoms with Gasteiger partial charge >= 0.3 is 0 Å².